The number of halogens is 1. The van der Waals surface area contributed by atoms with Crippen molar-refractivity contribution in [2.45, 2.75) is 4.90 Å². The second-order valence-electron chi connectivity index (χ2n) is 6.33. The molecule has 0 fully saturated rings. The van der Waals surface area contributed by atoms with E-state index in [-0.39, 0.29) is 23.2 Å². The second kappa shape index (κ2) is 8.22. The molecule has 1 aliphatic rings. The maximum Gasteiger partial charge on any atom is 0.339 e. The van der Waals surface area contributed by atoms with Gasteiger partial charge in [0, 0.05) is 10.6 Å². The summed E-state index contributed by atoms with van der Waals surface area (Å²) in [5.74, 6) is 1.16. The first-order valence-electron chi connectivity index (χ1n) is 8.83. The van der Waals surface area contributed by atoms with E-state index in [0.29, 0.717) is 22.1 Å². The summed E-state index contributed by atoms with van der Waals surface area (Å²) in [4.78, 5) is 12.4. The minimum atomic E-state index is -3.99. The van der Waals surface area contributed by atoms with Crippen LogP contribution in [0, 0.1) is 0 Å². The predicted molar refractivity (Wildman–Crippen MR) is 112 cm³/mol. The molecule has 0 amide bonds. The molecule has 0 atom stereocenters. The van der Waals surface area contributed by atoms with Gasteiger partial charge in [0.2, 0.25) is 6.79 Å². The maximum absolute atomic E-state index is 12.4. The number of hydrogen-bond acceptors (Lipinski definition) is 6. The zero-order valence-corrected chi connectivity index (χ0v) is 17.0. The number of carbonyl (C=O) groups is 1. The summed E-state index contributed by atoms with van der Waals surface area (Å²) in [6.45, 7) is 0.184. The summed E-state index contributed by atoms with van der Waals surface area (Å²) in [6, 6.07) is 16.9. The minimum Gasteiger partial charge on any atom is -0.454 e. The molecule has 4 rings (SSSR count). The van der Waals surface area contributed by atoms with Crippen LogP contribution in [0.15, 0.2) is 77.7 Å². The molecule has 6 nitrogen and oxygen atoms in total. The van der Waals surface area contributed by atoms with Crippen molar-refractivity contribution in [2.75, 3.05) is 6.79 Å². The lowest BCUT2D eigenvalue weighted by Crippen LogP contribution is -2.09. The lowest BCUT2D eigenvalue weighted by atomic mass is 10.1. The zero-order chi connectivity index (χ0) is 21.1. The van der Waals surface area contributed by atoms with Crippen LogP contribution in [0.3, 0.4) is 0 Å². The highest BCUT2D eigenvalue weighted by molar-refractivity contribution is 7.87. The average molecular weight is 443 g/mol. The van der Waals surface area contributed by atoms with Crippen molar-refractivity contribution in [2.24, 2.45) is 0 Å². The van der Waals surface area contributed by atoms with E-state index in [1.165, 1.54) is 54.6 Å². The minimum absolute atomic E-state index is 0.0151. The fraction of sp³-hybridized carbons (Fsp3) is 0.0455. The number of allylic oxidation sites excluding steroid dienone is 1. The highest BCUT2D eigenvalue weighted by Crippen LogP contribution is 2.32. The fourth-order valence-corrected chi connectivity index (χ4v) is 3.79. The normalized spacial score (nSPS) is 12.8. The molecule has 1 heterocycles. The van der Waals surface area contributed by atoms with Crippen LogP contribution in [0.4, 0.5) is 0 Å². The zero-order valence-electron chi connectivity index (χ0n) is 15.4. The quantitative estimate of drug-likeness (QED) is 0.312. The van der Waals surface area contributed by atoms with Gasteiger partial charge in [0.1, 0.15) is 10.6 Å². The topological polar surface area (TPSA) is 78.9 Å². The van der Waals surface area contributed by atoms with Crippen molar-refractivity contribution < 1.29 is 26.9 Å². The molecule has 30 heavy (non-hydrogen) atoms. The van der Waals surface area contributed by atoms with Crippen molar-refractivity contribution >= 4 is 33.6 Å². The van der Waals surface area contributed by atoms with Crippen molar-refractivity contribution in [3.8, 4) is 17.2 Å². The van der Waals surface area contributed by atoms with Gasteiger partial charge in [0.05, 0.1) is 0 Å². The fourth-order valence-electron chi connectivity index (χ4n) is 2.74. The lowest BCUT2D eigenvalue weighted by molar-refractivity contribution is 0.104. The Hall–Kier alpha value is -3.29. The van der Waals surface area contributed by atoms with E-state index < -0.39 is 10.1 Å². The van der Waals surface area contributed by atoms with Crippen LogP contribution < -0.4 is 13.7 Å². The number of ether oxygens (including phenoxy) is 2. The predicted octanol–water partition coefficient (Wildman–Crippen LogP) is 4.73. The summed E-state index contributed by atoms with van der Waals surface area (Å²) in [6.07, 6.45) is 3.09. The molecule has 0 aromatic heterocycles. The molecular weight excluding hydrogens is 428 g/mol. The van der Waals surface area contributed by atoms with Gasteiger partial charge in [-0.3, -0.25) is 4.79 Å². The Bertz CT molecular complexity index is 1220. The molecule has 0 N–H and O–H groups in total. The third kappa shape index (κ3) is 4.48. The van der Waals surface area contributed by atoms with Gasteiger partial charge in [-0.2, -0.15) is 8.42 Å². The number of hydrogen-bond donors (Lipinski definition) is 0. The molecule has 3 aromatic rings. The van der Waals surface area contributed by atoms with E-state index >= 15 is 0 Å². The molecule has 8 heteroatoms. The Labute approximate surface area is 178 Å². The highest BCUT2D eigenvalue weighted by Gasteiger charge is 2.17. The van der Waals surface area contributed by atoms with Crippen LogP contribution in [0.1, 0.15) is 15.9 Å². The molecule has 0 saturated heterocycles. The summed E-state index contributed by atoms with van der Waals surface area (Å²) >= 11 is 5.77. The number of carbonyl (C=O) groups excluding carboxylic acids is 1. The van der Waals surface area contributed by atoms with E-state index in [1.807, 2.05) is 6.07 Å². The van der Waals surface area contributed by atoms with Crippen LogP contribution >= 0.6 is 11.6 Å². The SMILES string of the molecule is O=C(/C=C\c1ccc2c(c1)OCO2)c1ccc(OS(=O)(=O)c2ccc(Cl)cc2)cc1. The van der Waals surface area contributed by atoms with Gasteiger partial charge in [-0.05, 0) is 72.3 Å². The molecule has 0 saturated carbocycles. The third-order valence-electron chi connectivity index (χ3n) is 4.27. The molecular formula is C22H15ClO6S. The number of benzene rings is 3. The Kier molecular flexibility index (Phi) is 5.48. The smallest absolute Gasteiger partial charge is 0.339 e. The van der Waals surface area contributed by atoms with Crippen molar-refractivity contribution in [1.82, 2.24) is 0 Å². The molecule has 1 aliphatic heterocycles. The van der Waals surface area contributed by atoms with Gasteiger partial charge >= 0.3 is 10.1 Å². The van der Waals surface area contributed by atoms with Gasteiger partial charge in [0.15, 0.2) is 17.3 Å². The van der Waals surface area contributed by atoms with Crippen LogP contribution in [0.5, 0.6) is 17.2 Å². The second-order valence-corrected chi connectivity index (χ2v) is 8.31. The Morgan fingerprint density at radius 2 is 1.63 bits per heavy atom. The van der Waals surface area contributed by atoms with E-state index in [1.54, 1.807) is 18.2 Å². The van der Waals surface area contributed by atoms with Crippen molar-refractivity contribution in [3.63, 3.8) is 0 Å². The molecule has 152 valence electrons. The van der Waals surface area contributed by atoms with Gasteiger partial charge < -0.3 is 13.7 Å². The van der Waals surface area contributed by atoms with Gasteiger partial charge in [-0.1, -0.05) is 23.7 Å². The number of ketones is 1. The Morgan fingerprint density at radius 3 is 2.37 bits per heavy atom. The third-order valence-corrected chi connectivity index (χ3v) is 5.78. The summed E-state index contributed by atoms with van der Waals surface area (Å²) < 4.78 is 40.3. The molecule has 0 spiro atoms. The van der Waals surface area contributed by atoms with E-state index in [9.17, 15) is 13.2 Å². The molecule has 0 unspecified atom stereocenters. The van der Waals surface area contributed by atoms with E-state index in [2.05, 4.69) is 0 Å². The largest absolute Gasteiger partial charge is 0.454 e. The van der Waals surface area contributed by atoms with Gasteiger partial charge in [-0.15, -0.1) is 0 Å². The first-order chi connectivity index (χ1) is 14.4. The summed E-state index contributed by atoms with van der Waals surface area (Å²) in [7, 11) is -3.99. The lowest BCUT2D eigenvalue weighted by Gasteiger charge is -2.07. The first-order valence-corrected chi connectivity index (χ1v) is 10.6. The summed E-state index contributed by atoms with van der Waals surface area (Å²) in [5.41, 5.74) is 1.19. The molecule has 0 bridgehead atoms. The van der Waals surface area contributed by atoms with Crippen LogP contribution in [-0.2, 0) is 10.1 Å². The maximum atomic E-state index is 12.4. The van der Waals surface area contributed by atoms with E-state index in [4.69, 9.17) is 25.3 Å². The van der Waals surface area contributed by atoms with Gasteiger partial charge in [0.25, 0.3) is 0 Å². The van der Waals surface area contributed by atoms with Crippen molar-refractivity contribution in [1.29, 1.82) is 0 Å². The monoisotopic (exact) mass is 442 g/mol. The van der Waals surface area contributed by atoms with Crippen LogP contribution in [0.2, 0.25) is 5.02 Å². The van der Waals surface area contributed by atoms with Gasteiger partial charge in [-0.25, -0.2) is 0 Å². The molecule has 0 aliphatic carbocycles. The van der Waals surface area contributed by atoms with Crippen LogP contribution in [-0.4, -0.2) is 21.0 Å². The first kappa shape index (κ1) is 20.0. The Balaban J connectivity index is 1.44. The van der Waals surface area contributed by atoms with Crippen LogP contribution in [0.25, 0.3) is 6.08 Å². The molecule has 3 aromatic carbocycles. The number of rotatable bonds is 6. The highest BCUT2D eigenvalue weighted by atomic mass is 35.5. The van der Waals surface area contributed by atoms with Crippen molar-refractivity contribution in [3.05, 3.63) is 89.0 Å². The standard InChI is InChI=1S/C22H15ClO6S/c23-17-5-9-19(10-6-17)30(25,26)29-18-7-3-16(4-8-18)20(24)11-1-15-2-12-21-22(13-15)28-14-27-21/h1-13H,14H2/b11-1-. The van der Waals surface area contributed by atoms with E-state index in [0.717, 1.165) is 5.56 Å². The average Bonchev–Trinajstić information content (AvgIpc) is 3.20. The molecule has 0 radical (unpaired) electrons. The number of fused-ring (bicyclic) bond motifs is 1. The Morgan fingerprint density at radius 1 is 0.933 bits per heavy atom. The summed E-state index contributed by atoms with van der Waals surface area (Å²) in [5, 5.41) is 0.422.